The second-order valence-corrected chi connectivity index (χ2v) is 7.04. The summed E-state index contributed by atoms with van der Waals surface area (Å²) in [6.45, 7) is 1.63. The molecule has 0 bridgehead atoms. The lowest BCUT2D eigenvalue weighted by molar-refractivity contribution is -0.122. The molecular formula is C20H16ClN3O3S. The van der Waals surface area contributed by atoms with E-state index in [0.29, 0.717) is 32.9 Å². The number of hydrogen-bond acceptors (Lipinski definition) is 6. The molecule has 3 rings (SSSR count). The van der Waals surface area contributed by atoms with Gasteiger partial charge in [-0.25, -0.2) is 4.98 Å². The minimum absolute atomic E-state index is 0.337. The first-order chi connectivity index (χ1) is 13.5. The van der Waals surface area contributed by atoms with Crippen molar-refractivity contribution in [3.63, 3.8) is 0 Å². The number of nitrogens with one attached hydrogen (secondary N) is 1. The SMILES string of the molecule is COc1ccc(-c2csc(NC(=O)C(C)Oc3cccc(C#N)c3)n2)cc1Cl. The van der Waals surface area contributed by atoms with Crippen LogP contribution in [0, 0.1) is 11.3 Å². The van der Waals surface area contributed by atoms with E-state index in [1.807, 2.05) is 17.5 Å². The van der Waals surface area contributed by atoms with E-state index in [-0.39, 0.29) is 5.91 Å². The summed E-state index contributed by atoms with van der Waals surface area (Å²) in [5.41, 5.74) is 1.98. The van der Waals surface area contributed by atoms with Crippen molar-refractivity contribution in [1.82, 2.24) is 4.98 Å². The molecule has 8 heteroatoms. The van der Waals surface area contributed by atoms with E-state index in [9.17, 15) is 4.79 Å². The molecule has 0 aliphatic rings. The first-order valence-corrected chi connectivity index (χ1v) is 9.53. The smallest absolute Gasteiger partial charge is 0.266 e. The minimum Gasteiger partial charge on any atom is -0.495 e. The molecule has 1 N–H and O–H groups in total. The van der Waals surface area contributed by atoms with E-state index >= 15 is 0 Å². The molecule has 28 heavy (non-hydrogen) atoms. The van der Waals surface area contributed by atoms with Gasteiger partial charge in [0.25, 0.3) is 5.91 Å². The predicted octanol–water partition coefficient (Wildman–Crippen LogP) is 4.75. The maximum atomic E-state index is 12.4. The monoisotopic (exact) mass is 413 g/mol. The Morgan fingerprint density at radius 3 is 2.86 bits per heavy atom. The Hall–Kier alpha value is -3.08. The molecular weight excluding hydrogens is 398 g/mol. The molecule has 0 radical (unpaired) electrons. The van der Waals surface area contributed by atoms with Crippen LogP contribution in [-0.2, 0) is 4.79 Å². The van der Waals surface area contributed by atoms with E-state index in [1.54, 1.807) is 50.4 Å². The van der Waals surface area contributed by atoms with Gasteiger partial charge >= 0.3 is 0 Å². The Bertz CT molecular complexity index is 1050. The summed E-state index contributed by atoms with van der Waals surface area (Å²) in [4.78, 5) is 16.8. The molecule has 0 saturated heterocycles. The van der Waals surface area contributed by atoms with Gasteiger partial charge in [0.05, 0.1) is 29.5 Å². The van der Waals surface area contributed by atoms with E-state index in [0.717, 1.165) is 5.56 Å². The summed E-state index contributed by atoms with van der Waals surface area (Å²) < 4.78 is 10.8. The topological polar surface area (TPSA) is 84.2 Å². The van der Waals surface area contributed by atoms with Crippen molar-refractivity contribution in [3.8, 4) is 28.8 Å². The zero-order valence-corrected chi connectivity index (χ0v) is 16.7. The van der Waals surface area contributed by atoms with Gasteiger partial charge in [0.1, 0.15) is 11.5 Å². The fourth-order valence-corrected chi connectivity index (χ4v) is 3.37. The standard InChI is InChI=1S/C20H16ClN3O3S/c1-12(27-15-5-3-4-13(8-15)10-22)19(25)24-20-23-17(11-28-20)14-6-7-18(26-2)16(21)9-14/h3-9,11-12H,1-2H3,(H,23,24,25). The second kappa shape index (κ2) is 8.74. The highest BCUT2D eigenvalue weighted by atomic mass is 35.5. The van der Waals surface area contributed by atoms with Gasteiger partial charge in [-0.1, -0.05) is 17.7 Å². The summed E-state index contributed by atoms with van der Waals surface area (Å²) in [5, 5.41) is 14.4. The van der Waals surface area contributed by atoms with E-state index < -0.39 is 6.10 Å². The van der Waals surface area contributed by atoms with Gasteiger partial charge in [0.2, 0.25) is 0 Å². The first-order valence-electron chi connectivity index (χ1n) is 8.27. The van der Waals surface area contributed by atoms with Crippen molar-refractivity contribution in [2.75, 3.05) is 12.4 Å². The maximum Gasteiger partial charge on any atom is 0.266 e. The summed E-state index contributed by atoms with van der Waals surface area (Å²) in [7, 11) is 1.55. The van der Waals surface area contributed by atoms with Gasteiger partial charge in [-0.2, -0.15) is 5.26 Å². The third-order valence-corrected chi connectivity index (χ3v) is 4.88. The molecule has 0 fully saturated rings. The fourth-order valence-electron chi connectivity index (χ4n) is 2.39. The lowest BCUT2D eigenvalue weighted by Crippen LogP contribution is -2.30. The summed E-state index contributed by atoms with van der Waals surface area (Å²) >= 11 is 7.46. The fraction of sp³-hybridized carbons (Fsp3) is 0.150. The van der Waals surface area contributed by atoms with Gasteiger partial charge in [-0.3, -0.25) is 10.1 Å². The molecule has 3 aromatic rings. The van der Waals surface area contributed by atoms with Crippen LogP contribution in [0.25, 0.3) is 11.3 Å². The predicted molar refractivity (Wildman–Crippen MR) is 109 cm³/mol. The normalized spacial score (nSPS) is 11.4. The number of thiazole rings is 1. The van der Waals surface area contributed by atoms with Crippen LogP contribution in [-0.4, -0.2) is 24.1 Å². The van der Waals surface area contributed by atoms with Crippen molar-refractivity contribution < 1.29 is 14.3 Å². The number of rotatable bonds is 6. The van der Waals surface area contributed by atoms with E-state index in [2.05, 4.69) is 10.3 Å². The quantitative estimate of drug-likeness (QED) is 0.630. The second-order valence-electron chi connectivity index (χ2n) is 5.78. The number of methoxy groups -OCH3 is 1. The van der Waals surface area contributed by atoms with Gasteiger partial charge < -0.3 is 9.47 Å². The van der Waals surface area contributed by atoms with Crippen molar-refractivity contribution >= 4 is 34.0 Å². The van der Waals surface area contributed by atoms with Crippen LogP contribution < -0.4 is 14.8 Å². The third kappa shape index (κ3) is 4.60. The lowest BCUT2D eigenvalue weighted by Gasteiger charge is -2.13. The Balaban J connectivity index is 1.66. The molecule has 1 atom stereocenters. The lowest BCUT2D eigenvalue weighted by atomic mass is 10.2. The number of benzene rings is 2. The number of carbonyl (C=O) groups is 1. The number of anilines is 1. The minimum atomic E-state index is -0.753. The summed E-state index contributed by atoms with van der Waals surface area (Å²) in [5.74, 6) is 0.700. The number of halogens is 1. The van der Waals surface area contributed by atoms with Crippen LogP contribution in [0.2, 0.25) is 5.02 Å². The molecule has 1 aromatic heterocycles. The zero-order valence-electron chi connectivity index (χ0n) is 15.1. The van der Waals surface area contributed by atoms with Crippen LogP contribution in [0.1, 0.15) is 12.5 Å². The van der Waals surface area contributed by atoms with Crippen molar-refractivity contribution in [1.29, 1.82) is 5.26 Å². The molecule has 1 unspecified atom stereocenters. The highest BCUT2D eigenvalue weighted by molar-refractivity contribution is 7.14. The Morgan fingerprint density at radius 2 is 2.14 bits per heavy atom. The van der Waals surface area contributed by atoms with Crippen LogP contribution >= 0.6 is 22.9 Å². The number of nitrogens with zero attached hydrogens (tertiary/aromatic N) is 2. The highest BCUT2D eigenvalue weighted by Crippen LogP contribution is 2.31. The molecule has 6 nitrogen and oxygen atoms in total. The molecule has 0 spiro atoms. The van der Waals surface area contributed by atoms with Crippen LogP contribution in [0.3, 0.4) is 0 Å². The number of aromatic nitrogens is 1. The van der Waals surface area contributed by atoms with Gasteiger partial charge in [0.15, 0.2) is 11.2 Å². The summed E-state index contributed by atoms with van der Waals surface area (Å²) in [6, 6.07) is 14.0. The third-order valence-electron chi connectivity index (χ3n) is 3.83. The summed E-state index contributed by atoms with van der Waals surface area (Å²) in [6.07, 6.45) is -0.753. The average Bonchev–Trinajstić information content (AvgIpc) is 3.16. The Morgan fingerprint density at radius 1 is 1.32 bits per heavy atom. The Labute approximate surface area is 171 Å². The molecule has 0 aliphatic heterocycles. The van der Waals surface area contributed by atoms with Crippen molar-refractivity contribution in [2.24, 2.45) is 0 Å². The first kappa shape index (κ1) is 19.7. The zero-order chi connectivity index (χ0) is 20.1. The van der Waals surface area contributed by atoms with E-state index in [1.165, 1.54) is 11.3 Å². The largest absolute Gasteiger partial charge is 0.495 e. The number of carbonyl (C=O) groups excluding carboxylic acids is 1. The van der Waals surface area contributed by atoms with Crippen LogP contribution in [0.15, 0.2) is 47.8 Å². The molecule has 0 saturated carbocycles. The van der Waals surface area contributed by atoms with Gasteiger partial charge in [-0.15, -0.1) is 11.3 Å². The van der Waals surface area contributed by atoms with E-state index in [4.69, 9.17) is 26.3 Å². The molecule has 1 heterocycles. The van der Waals surface area contributed by atoms with Crippen LogP contribution in [0.4, 0.5) is 5.13 Å². The number of nitriles is 1. The van der Waals surface area contributed by atoms with Crippen molar-refractivity contribution in [2.45, 2.75) is 13.0 Å². The number of ether oxygens (including phenoxy) is 2. The Kier molecular flexibility index (Phi) is 6.14. The maximum absolute atomic E-state index is 12.4. The van der Waals surface area contributed by atoms with Gasteiger partial charge in [-0.05, 0) is 43.3 Å². The molecule has 0 aliphatic carbocycles. The average molecular weight is 414 g/mol. The van der Waals surface area contributed by atoms with Crippen LogP contribution in [0.5, 0.6) is 11.5 Å². The molecule has 1 amide bonds. The number of amides is 1. The van der Waals surface area contributed by atoms with Gasteiger partial charge in [0, 0.05) is 10.9 Å². The molecule has 142 valence electrons. The molecule has 2 aromatic carbocycles. The highest BCUT2D eigenvalue weighted by Gasteiger charge is 2.17. The number of hydrogen-bond donors (Lipinski definition) is 1. The van der Waals surface area contributed by atoms with Crippen molar-refractivity contribution in [3.05, 3.63) is 58.4 Å².